The Kier molecular flexibility index (Phi) is 13.7. The van der Waals surface area contributed by atoms with E-state index in [0.29, 0.717) is 34.3 Å². The first-order valence-corrected chi connectivity index (χ1v) is 21.8. The van der Waals surface area contributed by atoms with Crippen LogP contribution in [0.2, 0.25) is 5.02 Å². The molecule has 0 radical (unpaired) electrons. The van der Waals surface area contributed by atoms with Gasteiger partial charge >= 0.3 is 5.51 Å². The van der Waals surface area contributed by atoms with Crippen LogP contribution >= 0.6 is 35.3 Å². The molecule has 0 bridgehead atoms. The molecule has 9 nitrogen and oxygen atoms in total. The highest BCUT2D eigenvalue weighted by Gasteiger charge is 2.32. The van der Waals surface area contributed by atoms with Gasteiger partial charge in [0.1, 0.15) is 17.1 Å². The van der Waals surface area contributed by atoms with E-state index in [4.69, 9.17) is 16.3 Å². The number of alkyl halides is 3. The molecule has 1 aliphatic heterocycles. The molecule has 312 valence electrons. The number of pyridine rings is 1. The predicted molar refractivity (Wildman–Crippen MR) is 236 cm³/mol. The van der Waals surface area contributed by atoms with E-state index in [-0.39, 0.29) is 27.6 Å². The lowest BCUT2D eigenvalue weighted by atomic mass is 9.72. The summed E-state index contributed by atoms with van der Waals surface area (Å²) in [6.07, 6.45) is 7.42. The van der Waals surface area contributed by atoms with Crippen molar-refractivity contribution in [3.05, 3.63) is 107 Å². The molecule has 59 heavy (non-hydrogen) atoms. The summed E-state index contributed by atoms with van der Waals surface area (Å²) in [6, 6.07) is 22.3. The van der Waals surface area contributed by atoms with Crippen LogP contribution in [-0.4, -0.2) is 79.1 Å². The summed E-state index contributed by atoms with van der Waals surface area (Å²) in [7, 11) is 1.83. The first-order chi connectivity index (χ1) is 28.3. The van der Waals surface area contributed by atoms with Gasteiger partial charge in [-0.25, -0.2) is 4.98 Å². The Morgan fingerprint density at radius 2 is 1.80 bits per heavy atom. The molecule has 2 aliphatic rings. The Bertz CT molecular complexity index is 2280. The number of carbonyl (C=O) groups is 1. The van der Waals surface area contributed by atoms with Crippen molar-refractivity contribution in [2.45, 2.75) is 54.8 Å². The minimum absolute atomic E-state index is 0.0312. The molecule has 0 saturated carbocycles. The maximum absolute atomic E-state index is 13.8. The summed E-state index contributed by atoms with van der Waals surface area (Å²) < 4.78 is 49.8. The minimum atomic E-state index is -4.47. The second-order valence-electron chi connectivity index (χ2n) is 15.7. The van der Waals surface area contributed by atoms with Crippen LogP contribution in [0.4, 0.5) is 24.5 Å². The number of fused-ring (bicyclic) bond motifs is 1. The van der Waals surface area contributed by atoms with Gasteiger partial charge in [0.05, 0.1) is 11.8 Å². The molecule has 0 spiro atoms. The van der Waals surface area contributed by atoms with Crippen LogP contribution in [0, 0.1) is 5.41 Å². The molecule has 1 aliphatic carbocycles. The molecule has 3 aromatic carbocycles. The van der Waals surface area contributed by atoms with Crippen LogP contribution < -0.4 is 25.0 Å². The molecule has 0 atom stereocenters. The zero-order chi connectivity index (χ0) is 41.6. The van der Waals surface area contributed by atoms with Gasteiger partial charge in [0.25, 0.3) is 5.91 Å². The van der Waals surface area contributed by atoms with Gasteiger partial charge in [-0.05, 0) is 134 Å². The number of benzene rings is 3. The SMILES string of the molecule is CNCCCNc1ccc(SNC(=O)c2ccc(N3CCN(CC4=C(c5ccc(Cl)cc5)CC(C)(C)CC4)CC3)cc2Oc2cnc3[nH]ccc3c2)cc1SC(F)(F)F. The molecule has 3 heterocycles. The Hall–Kier alpha value is -4.34. The van der Waals surface area contributed by atoms with Gasteiger partial charge in [-0.2, -0.15) is 13.2 Å². The second-order valence-corrected chi connectivity index (χ2v) is 18.1. The molecular weight excluding hydrogens is 815 g/mol. The Morgan fingerprint density at radius 1 is 1.00 bits per heavy atom. The standard InChI is InChI=1S/C44H49ClF3N7O2S2/c1-43(2)15-13-31(37(26-43)29-5-7-32(45)8-6-29)28-54-19-21-55(22-20-54)33-9-11-36(39(24-33)57-34-23-30-14-18-51-41(30)52-27-34)42(56)53-59-35-10-12-38(50-17-4-16-49-3)40(25-35)58-44(46,47)48/h5-12,14,18,23-25,27,49-50H,4,13,15-17,19-22,26,28H2,1-3H3,(H,51,52)(H,53,56). The van der Waals surface area contributed by atoms with Crippen molar-refractivity contribution in [1.29, 1.82) is 0 Å². The number of hydrogen-bond acceptors (Lipinski definition) is 9. The van der Waals surface area contributed by atoms with Crippen molar-refractivity contribution in [2.24, 2.45) is 5.41 Å². The summed E-state index contributed by atoms with van der Waals surface area (Å²) in [5.74, 6) is 0.362. The average molecular weight is 865 g/mol. The number of hydrogen-bond donors (Lipinski definition) is 4. The number of aromatic amines is 1. The van der Waals surface area contributed by atoms with Gasteiger partial charge in [0, 0.05) is 83.1 Å². The highest BCUT2D eigenvalue weighted by molar-refractivity contribution is 8.00. The van der Waals surface area contributed by atoms with Crippen molar-refractivity contribution < 1.29 is 22.7 Å². The first kappa shape index (κ1) is 42.8. The van der Waals surface area contributed by atoms with Crippen molar-refractivity contribution in [2.75, 3.05) is 63.1 Å². The number of H-pyrrole nitrogens is 1. The fourth-order valence-corrected chi connectivity index (χ4v) is 9.07. The third kappa shape index (κ3) is 11.5. The highest BCUT2D eigenvalue weighted by Crippen LogP contribution is 2.44. The number of nitrogens with one attached hydrogen (secondary N) is 4. The molecule has 1 amide bonds. The van der Waals surface area contributed by atoms with Gasteiger partial charge in [-0.3, -0.25) is 14.4 Å². The normalized spacial score (nSPS) is 16.1. The van der Waals surface area contributed by atoms with Crippen LogP contribution in [0.3, 0.4) is 0 Å². The van der Waals surface area contributed by atoms with E-state index in [9.17, 15) is 18.0 Å². The quantitative estimate of drug-likeness (QED) is 0.0466. The Morgan fingerprint density at radius 3 is 2.56 bits per heavy atom. The lowest BCUT2D eigenvalue weighted by Gasteiger charge is -2.39. The molecule has 4 N–H and O–H groups in total. The van der Waals surface area contributed by atoms with Gasteiger partial charge < -0.3 is 25.3 Å². The smallest absolute Gasteiger partial charge is 0.446 e. The number of amides is 1. The molecule has 0 unspecified atom stereocenters. The number of anilines is 2. The fraction of sp³-hybridized carbons (Fsp3) is 0.364. The fourth-order valence-electron chi connectivity index (χ4n) is 7.55. The van der Waals surface area contributed by atoms with Gasteiger partial charge in [-0.1, -0.05) is 43.2 Å². The summed E-state index contributed by atoms with van der Waals surface area (Å²) in [5, 5.41) is 7.74. The van der Waals surface area contributed by atoms with Gasteiger partial charge in [-0.15, -0.1) is 0 Å². The summed E-state index contributed by atoms with van der Waals surface area (Å²) in [5.41, 5.74) is 2.27. The molecule has 7 rings (SSSR count). The third-order valence-corrected chi connectivity index (χ3v) is 12.5. The zero-order valence-corrected chi connectivity index (χ0v) is 35.7. The first-order valence-electron chi connectivity index (χ1n) is 19.8. The summed E-state index contributed by atoms with van der Waals surface area (Å²) >= 11 is 7.01. The van der Waals surface area contributed by atoms with E-state index >= 15 is 0 Å². The van der Waals surface area contributed by atoms with Crippen LogP contribution in [0.25, 0.3) is 16.6 Å². The number of thioether (sulfide) groups is 1. The van der Waals surface area contributed by atoms with E-state index in [2.05, 4.69) is 61.1 Å². The van der Waals surface area contributed by atoms with Crippen LogP contribution in [0.15, 0.2) is 101 Å². The van der Waals surface area contributed by atoms with E-state index in [1.54, 1.807) is 30.6 Å². The molecule has 5 aromatic rings. The average Bonchev–Trinajstić information content (AvgIpc) is 3.68. The topological polar surface area (TPSA) is 97.6 Å². The van der Waals surface area contributed by atoms with Crippen molar-refractivity contribution in [1.82, 2.24) is 24.9 Å². The number of allylic oxidation sites excluding steroid dienone is 1. The zero-order valence-electron chi connectivity index (χ0n) is 33.3. The summed E-state index contributed by atoms with van der Waals surface area (Å²) in [4.78, 5) is 26.7. The molecule has 15 heteroatoms. The van der Waals surface area contributed by atoms with Crippen molar-refractivity contribution in [3.63, 3.8) is 0 Å². The number of piperazine rings is 1. The van der Waals surface area contributed by atoms with Gasteiger partial charge in [0.15, 0.2) is 0 Å². The predicted octanol–water partition coefficient (Wildman–Crippen LogP) is 10.9. The van der Waals surface area contributed by atoms with Crippen LogP contribution in [-0.2, 0) is 0 Å². The van der Waals surface area contributed by atoms with Crippen LogP contribution in [0.5, 0.6) is 11.5 Å². The highest BCUT2D eigenvalue weighted by atomic mass is 35.5. The number of rotatable bonds is 15. The number of nitrogens with zero attached hydrogens (tertiary/aromatic N) is 3. The van der Waals surface area contributed by atoms with Crippen molar-refractivity contribution in [3.8, 4) is 11.5 Å². The number of halogens is 4. The second kappa shape index (κ2) is 18.9. The van der Waals surface area contributed by atoms with E-state index < -0.39 is 11.4 Å². The Balaban J connectivity index is 1.07. The monoisotopic (exact) mass is 863 g/mol. The third-order valence-electron chi connectivity index (χ3n) is 10.7. The van der Waals surface area contributed by atoms with E-state index in [0.717, 1.165) is 93.0 Å². The number of ether oxygens (including phenoxy) is 1. The molecule has 2 aromatic heterocycles. The molecule has 1 saturated heterocycles. The maximum Gasteiger partial charge on any atom is 0.446 e. The maximum atomic E-state index is 13.8. The minimum Gasteiger partial charge on any atom is -0.455 e. The lowest BCUT2D eigenvalue weighted by Crippen LogP contribution is -2.47. The number of aromatic nitrogens is 2. The van der Waals surface area contributed by atoms with Crippen LogP contribution in [0.1, 0.15) is 55.5 Å². The molecule has 1 fully saturated rings. The van der Waals surface area contributed by atoms with Gasteiger partial charge in [0.2, 0.25) is 0 Å². The molecular formula is C44H49ClF3N7O2S2. The summed E-state index contributed by atoms with van der Waals surface area (Å²) in [6.45, 7) is 10.2. The largest absolute Gasteiger partial charge is 0.455 e. The number of carbonyl (C=O) groups excluding carboxylic acids is 1. The van der Waals surface area contributed by atoms with E-state index in [1.807, 2.05) is 43.4 Å². The lowest BCUT2D eigenvalue weighted by molar-refractivity contribution is -0.0328. The van der Waals surface area contributed by atoms with Crippen molar-refractivity contribution >= 4 is 69.2 Å². The Labute approximate surface area is 357 Å². The van der Waals surface area contributed by atoms with E-state index in [1.165, 1.54) is 22.8 Å².